The Labute approximate surface area is 71.2 Å². The molecule has 1 rings (SSSR count). The van der Waals surface area contributed by atoms with E-state index in [0.717, 1.165) is 11.1 Å². The molecule has 3 heteroatoms. The second-order valence-electron chi connectivity index (χ2n) is 3.08. The summed E-state index contributed by atoms with van der Waals surface area (Å²) in [6.45, 7) is 7.23. The molecule has 0 spiro atoms. The zero-order chi connectivity index (χ0) is 9.46. The van der Waals surface area contributed by atoms with Crippen LogP contribution in [0.3, 0.4) is 0 Å². The quantitative estimate of drug-likeness (QED) is 0.592. The lowest BCUT2D eigenvalue weighted by molar-refractivity contribution is 0.166. The highest BCUT2D eigenvalue weighted by molar-refractivity contribution is 5.33. The minimum Gasteiger partial charge on any atom is -0.425 e. The van der Waals surface area contributed by atoms with Gasteiger partial charge in [0.25, 0.3) is 5.56 Å². The van der Waals surface area contributed by atoms with Gasteiger partial charge in [-0.15, -0.1) is 0 Å². The first-order chi connectivity index (χ1) is 5.46. The summed E-state index contributed by atoms with van der Waals surface area (Å²) in [5.74, 6) is 0. The Hall–Kier alpha value is -1.25. The molecule has 1 aromatic heterocycles. The molecule has 0 aliphatic carbocycles. The van der Waals surface area contributed by atoms with Crippen molar-refractivity contribution in [1.29, 1.82) is 0 Å². The maximum atomic E-state index is 11.3. The Morgan fingerprint density at radius 1 is 1.00 bits per heavy atom. The summed E-state index contributed by atoms with van der Waals surface area (Å²) in [6, 6.07) is 0. The zero-order valence-corrected chi connectivity index (χ0v) is 7.80. The number of pyridine rings is 1. The average molecular weight is 167 g/mol. The van der Waals surface area contributed by atoms with Gasteiger partial charge in [-0.05, 0) is 38.8 Å². The van der Waals surface area contributed by atoms with Crippen LogP contribution in [0.15, 0.2) is 4.79 Å². The van der Waals surface area contributed by atoms with Crippen LogP contribution in [-0.4, -0.2) is 9.94 Å². The van der Waals surface area contributed by atoms with Gasteiger partial charge in [-0.3, -0.25) is 4.79 Å². The Balaban J connectivity index is 3.73. The second-order valence-corrected chi connectivity index (χ2v) is 3.08. The molecule has 0 radical (unpaired) electrons. The lowest BCUT2D eigenvalue weighted by atomic mass is 10.1. The molecule has 0 saturated heterocycles. The molecule has 12 heavy (non-hydrogen) atoms. The minimum atomic E-state index is -0.324. The van der Waals surface area contributed by atoms with E-state index in [4.69, 9.17) is 0 Å². The van der Waals surface area contributed by atoms with Crippen LogP contribution in [-0.2, 0) is 0 Å². The number of rotatable bonds is 0. The van der Waals surface area contributed by atoms with E-state index >= 15 is 0 Å². The molecule has 0 saturated carbocycles. The van der Waals surface area contributed by atoms with Gasteiger partial charge in [0.1, 0.15) is 0 Å². The van der Waals surface area contributed by atoms with Crippen LogP contribution in [0, 0.1) is 27.7 Å². The SMILES string of the molecule is Cc1c(C)c(C)n(O)c(=O)c1C. The molecule has 66 valence electrons. The zero-order valence-electron chi connectivity index (χ0n) is 7.80. The highest BCUT2D eigenvalue weighted by Crippen LogP contribution is 2.11. The van der Waals surface area contributed by atoms with Crippen molar-refractivity contribution >= 4 is 0 Å². The highest BCUT2D eigenvalue weighted by atomic mass is 16.5. The van der Waals surface area contributed by atoms with E-state index in [2.05, 4.69) is 0 Å². The molecule has 0 atom stereocenters. The lowest BCUT2D eigenvalue weighted by Gasteiger charge is -2.10. The van der Waals surface area contributed by atoms with Gasteiger partial charge < -0.3 is 5.21 Å². The first-order valence-electron chi connectivity index (χ1n) is 3.85. The van der Waals surface area contributed by atoms with Crippen molar-refractivity contribution < 1.29 is 5.21 Å². The summed E-state index contributed by atoms with van der Waals surface area (Å²) >= 11 is 0. The fourth-order valence-corrected chi connectivity index (χ4v) is 1.18. The Morgan fingerprint density at radius 3 is 2.00 bits per heavy atom. The monoisotopic (exact) mass is 167 g/mol. The van der Waals surface area contributed by atoms with Gasteiger partial charge >= 0.3 is 0 Å². The average Bonchev–Trinajstić information content (AvgIpc) is 2.08. The van der Waals surface area contributed by atoms with Crippen molar-refractivity contribution in [3.05, 3.63) is 32.7 Å². The maximum absolute atomic E-state index is 11.3. The number of nitrogens with zero attached hydrogens (tertiary/aromatic N) is 1. The van der Waals surface area contributed by atoms with E-state index in [1.165, 1.54) is 0 Å². The van der Waals surface area contributed by atoms with Gasteiger partial charge in [0.2, 0.25) is 0 Å². The molecule has 1 heterocycles. The number of aromatic nitrogens is 1. The van der Waals surface area contributed by atoms with Crippen molar-refractivity contribution in [3.8, 4) is 0 Å². The highest BCUT2D eigenvalue weighted by Gasteiger charge is 2.09. The van der Waals surface area contributed by atoms with Gasteiger partial charge in [-0.25, -0.2) is 0 Å². The molecular weight excluding hydrogens is 154 g/mol. The summed E-state index contributed by atoms with van der Waals surface area (Å²) in [5.41, 5.74) is 2.83. The van der Waals surface area contributed by atoms with Crippen LogP contribution in [0.2, 0.25) is 0 Å². The van der Waals surface area contributed by atoms with Crippen molar-refractivity contribution in [2.24, 2.45) is 0 Å². The van der Waals surface area contributed by atoms with Gasteiger partial charge in [0, 0.05) is 5.56 Å². The maximum Gasteiger partial charge on any atom is 0.286 e. The lowest BCUT2D eigenvalue weighted by Crippen LogP contribution is -2.24. The third kappa shape index (κ3) is 1.02. The van der Waals surface area contributed by atoms with Crippen molar-refractivity contribution in [3.63, 3.8) is 0 Å². The van der Waals surface area contributed by atoms with E-state index < -0.39 is 0 Å². The molecule has 3 nitrogen and oxygen atoms in total. The molecule has 0 aliphatic heterocycles. The van der Waals surface area contributed by atoms with Crippen LogP contribution in [0.5, 0.6) is 0 Å². The number of hydrogen-bond acceptors (Lipinski definition) is 2. The molecule has 0 amide bonds. The van der Waals surface area contributed by atoms with Crippen LogP contribution >= 0.6 is 0 Å². The molecule has 1 N–H and O–H groups in total. The van der Waals surface area contributed by atoms with E-state index in [1.54, 1.807) is 13.8 Å². The summed E-state index contributed by atoms with van der Waals surface area (Å²) in [7, 11) is 0. The van der Waals surface area contributed by atoms with Gasteiger partial charge in [0.15, 0.2) is 0 Å². The summed E-state index contributed by atoms with van der Waals surface area (Å²) in [5, 5.41) is 9.30. The Morgan fingerprint density at radius 2 is 1.50 bits per heavy atom. The topological polar surface area (TPSA) is 42.2 Å². The third-order valence-corrected chi connectivity index (χ3v) is 2.50. The fourth-order valence-electron chi connectivity index (χ4n) is 1.18. The predicted molar refractivity (Wildman–Crippen MR) is 46.8 cm³/mol. The molecule has 0 unspecified atom stereocenters. The molecular formula is C9H13NO2. The third-order valence-electron chi connectivity index (χ3n) is 2.50. The molecule has 0 aliphatic rings. The molecule has 0 bridgehead atoms. The minimum absolute atomic E-state index is 0.324. The van der Waals surface area contributed by atoms with Crippen molar-refractivity contribution in [2.75, 3.05) is 0 Å². The largest absolute Gasteiger partial charge is 0.425 e. The Bertz CT molecular complexity index is 345. The van der Waals surface area contributed by atoms with Gasteiger partial charge in [-0.2, -0.15) is 4.73 Å². The van der Waals surface area contributed by atoms with Crippen molar-refractivity contribution in [1.82, 2.24) is 4.73 Å². The Kier molecular flexibility index (Phi) is 1.96. The summed E-state index contributed by atoms with van der Waals surface area (Å²) < 4.78 is 0.706. The molecule has 0 fully saturated rings. The van der Waals surface area contributed by atoms with E-state index in [0.29, 0.717) is 16.0 Å². The molecule has 0 aromatic carbocycles. The second kappa shape index (κ2) is 2.66. The van der Waals surface area contributed by atoms with E-state index in [9.17, 15) is 10.0 Å². The first-order valence-corrected chi connectivity index (χ1v) is 3.85. The fraction of sp³-hybridized carbons (Fsp3) is 0.444. The van der Waals surface area contributed by atoms with Crippen LogP contribution < -0.4 is 5.56 Å². The summed E-state index contributed by atoms with van der Waals surface area (Å²) in [6.07, 6.45) is 0. The predicted octanol–water partition coefficient (Wildman–Crippen LogP) is 1.32. The first kappa shape index (κ1) is 8.84. The number of hydrogen-bond donors (Lipinski definition) is 1. The van der Waals surface area contributed by atoms with Crippen LogP contribution in [0.25, 0.3) is 0 Å². The van der Waals surface area contributed by atoms with E-state index in [-0.39, 0.29) is 5.56 Å². The van der Waals surface area contributed by atoms with Crippen molar-refractivity contribution in [2.45, 2.75) is 27.7 Å². The summed E-state index contributed by atoms with van der Waals surface area (Å²) in [4.78, 5) is 11.3. The van der Waals surface area contributed by atoms with Gasteiger partial charge in [-0.1, -0.05) is 0 Å². The van der Waals surface area contributed by atoms with E-state index in [1.807, 2.05) is 13.8 Å². The molecule has 1 aromatic rings. The van der Waals surface area contributed by atoms with Gasteiger partial charge in [0.05, 0.1) is 5.69 Å². The normalized spacial score (nSPS) is 10.3. The smallest absolute Gasteiger partial charge is 0.286 e. The standard InChI is InChI=1S/C9H13NO2/c1-5-6(2)8(4)10(12)9(11)7(5)3/h12H,1-4H3. The van der Waals surface area contributed by atoms with Crippen LogP contribution in [0.1, 0.15) is 22.4 Å². The van der Waals surface area contributed by atoms with Crippen LogP contribution in [0.4, 0.5) is 0 Å².